The zero-order valence-electron chi connectivity index (χ0n) is 25.4. The molecule has 1 unspecified atom stereocenters. The van der Waals surface area contributed by atoms with Crippen molar-refractivity contribution >= 4 is 40.2 Å². The van der Waals surface area contributed by atoms with Crippen molar-refractivity contribution in [3.8, 4) is 5.75 Å². The maximum absolute atomic E-state index is 13.2. The number of imide groups is 1. The molecule has 13 heteroatoms. The highest BCUT2D eigenvalue weighted by Crippen LogP contribution is 2.21. The number of ether oxygens (including phenoxy) is 3. The van der Waals surface area contributed by atoms with Crippen molar-refractivity contribution < 1.29 is 28.6 Å². The number of fused-ring (bicyclic) bond motifs is 1. The van der Waals surface area contributed by atoms with Crippen LogP contribution in [0.3, 0.4) is 0 Å². The Morgan fingerprint density at radius 2 is 1.75 bits per heavy atom. The van der Waals surface area contributed by atoms with Gasteiger partial charge in [0.25, 0.3) is 11.5 Å². The third-order valence-corrected chi connectivity index (χ3v) is 6.70. The number of rotatable bonds is 14. The molecule has 1 aliphatic rings. The number of unbranched alkanes of at least 4 members (excludes halogenated alkanes) is 2. The first-order valence-corrected chi connectivity index (χ1v) is 14.9. The third-order valence-electron chi connectivity index (χ3n) is 6.70. The van der Waals surface area contributed by atoms with E-state index >= 15 is 0 Å². The summed E-state index contributed by atoms with van der Waals surface area (Å²) in [5, 5.41) is 16.6. The lowest BCUT2D eigenvalue weighted by atomic mass is 10.1. The van der Waals surface area contributed by atoms with Gasteiger partial charge in [0.15, 0.2) is 0 Å². The molecule has 0 saturated carbocycles. The summed E-state index contributed by atoms with van der Waals surface area (Å²) in [5.74, 6) is -0.175. The maximum Gasteiger partial charge on any atom is 0.412 e. The minimum atomic E-state index is -0.869. The summed E-state index contributed by atoms with van der Waals surface area (Å²) in [6, 6.07) is 11.6. The number of nitrogens with one attached hydrogen (secondary N) is 3. The van der Waals surface area contributed by atoms with Crippen LogP contribution in [0.15, 0.2) is 47.3 Å². The minimum absolute atomic E-state index is 0.141. The number of hydrogen-bond acceptors (Lipinski definition) is 10. The van der Waals surface area contributed by atoms with Gasteiger partial charge < -0.3 is 19.5 Å². The fraction of sp³-hybridized carbons (Fsp3) is 0.484. The van der Waals surface area contributed by atoms with Crippen molar-refractivity contribution in [3.05, 3.63) is 52.8 Å². The van der Waals surface area contributed by atoms with Crippen molar-refractivity contribution in [3.63, 3.8) is 0 Å². The Bertz CT molecular complexity index is 1500. The molecule has 236 valence electrons. The predicted octanol–water partition coefficient (Wildman–Crippen LogP) is 4.18. The molecule has 4 rings (SSSR count). The fourth-order valence-corrected chi connectivity index (χ4v) is 4.59. The Labute approximate surface area is 255 Å². The molecular weight excluding hydrogens is 568 g/mol. The van der Waals surface area contributed by atoms with Crippen LogP contribution in [0.5, 0.6) is 5.75 Å². The number of nitrogens with zero attached hydrogens (tertiary/aromatic N) is 3. The number of piperidine rings is 1. The number of aromatic nitrogens is 3. The molecule has 0 radical (unpaired) electrons. The van der Waals surface area contributed by atoms with Crippen molar-refractivity contribution in [1.29, 1.82) is 0 Å². The normalized spacial score (nSPS) is 15.1. The van der Waals surface area contributed by atoms with Gasteiger partial charge in [-0.15, -0.1) is 5.10 Å². The Morgan fingerprint density at radius 3 is 2.50 bits per heavy atom. The lowest BCUT2D eigenvalue weighted by molar-refractivity contribution is -0.136. The topological polar surface area (TPSA) is 163 Å². The van der Waals surface area contributed by atoms with E-state index in [9.17, 15) is 19.2 Å². The van der Waals surface area contributed by atoms with Crippen LogP contribution in [-0.4, -0.2) is 64.9 Å². The molecule has 1 aliphatic heterocycles. The molecule has 2 heterocycles. The summed E-state index contributed by atoms with van der Waals surface area (Å²) in [5.41, 5.74) is 0.688. The van der Waals surface area contributed by atoms with E-state index in [1.165, 1.54) is 0 Å². The standard InChI is InChI=1S/C31H40N6O7/c1-31(2,3)44-30(41)33-21-11-13-22(14-12-21)43-20-6-4-5-18-42-19-8-17-32-23-9-7-10-24-27(23)29(40)37(36-35-24)25-15-16-26(38)34-28(25)39/h7,9-14,25,32H,4-6,8,15-20H2,1-3H3,(H,33,41)(H,34,38,39). The molecule has 44 heavy (non-hydrogen) atoms. The Balaban J connectivity index is 1.10. The van der Waals surface area contributed by atoms with Crippen LogP contribution >= 0.6 is 0 Å². The van der Waals surface area contributed by atoms with Gasteiger partial charge in [0.05, 0.1) is 12.0 Å². The Kier molecular flexibility index (Phi) is 11.2. The van der Waals surface area contributed by atoms with Crippen LogP contribution in [0.2, 0.25) is 0 Å². The average Bonchev–Trinajstić information content (AvgIpc) is 2.96. The second-order valence-corrected chi connectivity index (χ2v) is 11.5. The first kappa shape index (κ1) is 32.4. The summed E-state index contributed by atoms with van der Waals surface area (Å²) in [6.07, 6.45) is 3.35. The molecule has 13 nitrogen and oxygen atoms in total. The van der Waals surface area contributed by atoms with Crippen LogP contribution in [0.25, 0.3) is 10.9 Å². The van der Waals surface area contributed by atoms with E-state index < -0.39 is 29.2 Å². The Hall–Kier alpha value is -4.52. The van der Waals surface area contributed by atoms with Gasteiger partial charge in [-0.2, -0.15) is 4.68 Å². The monoisotopic (exact) mass is 608 g/mol. The smallest absolute Gasteiger partial charge is 0.412 e. The third kappa shape index (κ3) is 9.49. The van der Waals surface area contributed by atoms with Crippen LogP contribution < -0.4 is 26.2 Å². The summed E-state index contributed by atoms with van der Waals surface area (Å²) >= 11 is 0. The van der Waals surface area contributed by atoms with Crippen molar-refractivity contribution in [2.45, 2.75) is 70.9 Å². The summed E-state index contributed by atoms with van der Waals surface area (Å²) < 4.78 is 17.8. The summed E-state index contributed by atoms with van der Waals surface area (Å²) in [6.45, 7) is 7.82. The molecule has 1 aromatic heterocycles. The van der Waals surface area contributed by atoms with Gasteiger partial charge in [0.2, 0.25) is 5.91 Å². The molecule has 3 aromatic rings. The molecule has 0 aliphatic carbocycles. The second-order valence-electron chi connectivity index (χ2n) is 11.5. The number of carbonyl (C=O) groups is 3. The average molecular weight is 609 g/mol. The van der Waals surface area contributed by atoms with Gasteiger partial charge in [0, 0.05) is 37.6 Å². The molecule has 3 amide bonds. The highest BCUT2D eigenvalue weighted by Gasteiger charge is 2.30. The van der Waals surface area contributed by atoms with E-state index in [4.69, 9.17) is 14.2 Å². The highest BCUT2D eigenvalue weighted by molar-refractivity contribution is 5.99. The first-order chi connectivity index (χ1) is 21.1. The van der Waals surface area contributed by atoms with Crippen LogP contribution in [0.4, 0.5) is 16.2 Å². The van der Waals surface area contributed by atoms with Crippen molar-refractivity contribution in [2.75, 3.05) is 37.0 Å². The van der Waals surface area contributed by atoms with Crippen molar-refractivity contribution in [1.82, 2.24) is 20.3 Å². The molecule has 0 bridgehead atoms. The molecule has 1 atom stereocenters. The number of amides is 3. The van der Waals surface area contributed by atoms with E-state index in [2.05, 4.69) is 26.3 Å². The van der Waals surface area contributed by atoms with E-state index in [-0.39, 0.29) is 18.7 Å². The molecular formula is C31H40N6O7. The van der Waals surface area contributed by atoms with Crippen LogP contribution in [-0.2, 0) is 19.1 Å². The minimum Gasteiger partial charge on any atom is -0.494 e. The molecule has 1 fully saturated rings. The lowest BCUT2D eigenvalue weighted by Crippen LogP contribution is -2.45. The number of benzene rings is 2. The highest BCUT2D eigenvalue weighted by atomic mass is 16.6. The van der Waals surface area contributed by atoms with Crippen LogP contribution in [0.1, 0.15) is 65.3 Å². The van der Waals surface area contributed by atoms with Gasteiger partial charge in [-0.1, -0.05) is 11.3 Å². The SMILES string of the molecule is CC(C)(C)OC(=O)Nc1ccc(OCCCCCOCCCNc2cccc3nnn(C4CCC(=O)NC4=O)c(=O)c23)cc1. The molecule has 2 aromatic carbocycles. The summed E-state index contributed by atoms with van der Waals surface area (Å²) in [4.78, 5) is 48.8. The number of carbonyl (C=O) groups excluding carboxylic acids is 3. The summed E-state index contributed by atoms with van der Waals surface area (Å²) in [7, 11) is 0. The largest absolute Gasteiger partial charge is 0.494 e. The van der Waals surface area contributed by atoms with Gasteiger partial charge >= 0.3 is 6.09 Å². The van der Waals surface area contributed by atoms with Gasteiger partial charge in [-0.05, 0) is 89.3 Å². The van der Waals surface area contributed by atoms with Gasteiger partial charge in [-0.25, -0.2) is 4.79 Å². The van der Waals surface area contributed by atoms with Gasteiger partial charge in [0.1, 0.15) is 22.9 Å². The molecule has 1 saturated heterocycles. The second kappa shape index (κ2) is 15.3. The van der Waals surface area contributed by atoms with Crippen LogP contribution in [0, 0.1) is 0 Å². The first-order valence-electron chi connectivity index (χ1n) is 14.9. The maximum atomic E-state index is 13.2. The molecule has 3 N–H and O–H groups in total. The van der Waals surface area contributed by atoms with Gasteiger partial charge in [-0.3, -0.25) is 25.0 Å². The zero-order chi connectivity index (χ0) is 31.5. The fourth-order valence-electron chi connectivity index (χ4n) is 4.59. The van der Waals surface area contributed by atoms with Crippen molar-refractivity contribution in [2.24, 2.45) is 0 Å². The molecule has 0 spiro atoms. The Morgan fingerprint density at radius 1 is 1.00 bits per heavy atom. The number of anilines is 2. The predicted molar refractivity (Wildman–Crippen MR) is 165 cm³/mol. The lowest BCUT2D eigenvalue weighted by Gasteiger charge is -2.21. The number of hydrogen-bond donors (Lipinski definition) is 3. The van der Waals surface area contributed by atoms with E-state index in [1.54, 1.807) is 30.3 Å². The van der Waals surface area contributed by atoms with E-state index in [0.29, 0.717) is 48.6 Å². The quantitative estimate of drug-likeness (QED) is 0.179. The zero-order valence-corrected chi connectivity index (χ0v) is 25.4. The van der Waals surface area contributed by atoms with E-state index in [1.807, 2.05) is 32.9 Å². The van der Waals surface area contributed by atoms with E-state index in [0.717, 1.165) is 36.1 Å².